The molecule has 1 atom stereocenters. The van der Waals surface area contributed by atoms with Crippen molar-refractivity contribution in [2.24, 2.45) is 0 Å². The topological polar surface area (TPSA) is 119 Å². The number of nitrogens with two attached hydrogens (primary N) is 1. The number of hydrogen-bond acceptors (Lipinski definition) is 6. The fourth-order valence-corrected chi connectivity index (χ4v) is 2.63. The first-order chi connectivity index (χ1) is 9.15. The molecule has 0 amide bonds. The highest BCUT2D eigenvalue weighted by Gasteiger charge is 2.21. The van der Waals surface area contributed by atoms with Crippen LogP contribution in [0, 0.1) is 10.1 Å². The Hall–Kier alpha value is -1.71. The Morgan fingerprint density at radius 1 is 1.45 bits per heavy atom. The van der Waals surface area contributed by atoms with E-state index in [-0.39, 0.29) is 28.9 Å². The lowest BCUT2D eigenvalue weighted by Gasteiger charge is -2.20. The smallest absolute Gasteiger partial charge is 0.270 e. The van der Waals surface area contributed by atoms with Crippen molar-refractivity contribution in [3.8, 4) is 0 Å². The average molecular weight is 302 g/mol. The number of benzene rings is 1. The van der Waals surface area contributed by atoms with Crippen molar-refractivity contribution < 1.29 is 13.3 Å². The second-order valence-corrected chi connectivity index (χ2v) is 6.38. The van der Waals surface area contributed by atoms with Gasteiger partial charge in [-0.25, -0.2) is 13.1 Å². The monoisotopic (exact) mass is 302 g/mol. The van der Waals surface area contributed by atoms with Crippen LogP contribution in [0.25, 0.3) is 0 Å². The summed E-state index contributed by atoms with van der Waals surface area (Å²) in [5.74, 6) is 0. The molecule has 0 fully saturated rings. The van der Waals surface area contributed by atoms with Crippen molar-refractivity contribution in [1.29, 1.82) is 0 Å². The third-order valence-corrected chi connectivity index (χ3v) is 4.43. The normalized spacial score (nSPS) is 13.4. The molecule has 0 bridgehead atoms. The van der Waals surface area contributed by atoms with Gasteiger partial charge in [-0.1, -0.05) is 0 Å². The van der Waals surface area contributed by atoms with Gasteiger partial charge in [-0.3, -0.25) is 10.1 Å². The zero-order valence-electron chi connectivity index (χ0n) is 11.5. The molecule has 3 N–H and O–H groups in total. The molecule has 1 rings (SSSR count). The lowest BCUT2D eigenvalue weighted by atomic mass is 10.3. The van der Waals surface area contributed by atoms with Gasteiger partial charge in [0.1, 0.15) is 4.90 Å². The highest BCUT2D eigenvalue weighted by Crippen LogP contribution is 2.23. The standard InChI is InChI=1S/C11H18N4O4S/c1-8(14(2)3)7-13-20(18,19)11-6-9(15(16)17)4-5-10(11)12/h4-6,8,13H,7,12H2,1-3H3. The Morgan fingerprint density at radius 2 is 2.05 bits per heavy atom. The summed E-state index contributed by atoms with van der Waals surface area (Å²) in [6, 6.07) is 3.31. The van der Waals surface area contributed by atoms with Crippen molar-refractivity contribution in [2.45, 2.75) is 17.9 Å². The van der Waals surface area contributed by atoms with Crippen LogP contribution in [0.15, 0.2) is 23.1 Å². The number of nitrogens with zero attached hydrogens (tertiary/aromatic N) is 2. The molecule has 0 aliphatic carbocycles. The maximum atomic E-state index is 12.1. The first-order valence-electron chi connectivity index (χ1n) is 5.85. The Kier molecular flexibility index (Phi) is 5.03. The van der Waals surface area contributed by atoms with Gasteiger partial charge in [0.05, 0.1) is 10.6 Å². The molecule has 1 aromatic carbocycles. The number of rotatable bonds is 6. The second-order valence-electron chi connectivity index (χ2n) is 4.64. The summed E-state index contributed by atoms with van der Waals surface area (Å²) in [6.07, 6.45) is 0. The molecule has 112 valence electrons. The summed E-state index contributed by atoms with van der Waals surface area (Å²) in [5.41, 5.74) is 5.24. The predicted molar refractivity (Wildman–Crippen MR) is 75.8 cm³/mol. The van der Waals surface area contributed by atoms with E-state index in [1.54, 1.807) is 0 Å². The molecule has 9 heteroatoms. The van der Waals surface area contributed by atoms with E-state index < -0.39 is 14.9 Å². The Labute approximate surface area is 117 Å². The highest BCUT2D eigenvalue weighted by molar-refractivity contribution is 7.89. The van der Waals surface area contributed by atoms with Gasteiger partial charge in [0, 0.05) is 24.7 Å². The maximum Gasteiger partial charge on any atom is 0.270 e. The molecule has 0 aliphatic heterocycles. The Morgan fingerprint density at radius 3 is 2.55 bits per heavy atom. The van der Waals surface area contributed by atoms with Gasteiger partial charge in [-0.2, -0.15) is 0 Å². The van der Waals surface area contributed by atoms with Crippen LogP contribution in [0.3, 0.4) is 0 Å². The summed E-state index contributed by atoms with van der Waals surface area (Å²) >= 11 is 0. The quantitative estimate of drug-likeness (QED) is 0.446. The molecule has 0 aliphatic rings. The number of sulfonamides is 1. The molecular formula is C11H18N4O4S. The first-order valence-corrected chi connectivity index (χ1v) is 7.33. The third kappa shape index (κ3) is 3.89. The van der Waals surface area contributed by atoms with E-state index in [1.807, 2.05) is 25.9 Å². The lowest BCUT2D eigenvalue weighted by Crippen LogP contribution is -2.38. The summed E-state index contributed by atoms with van der Waals surface area (Å²) < 4.78 is 26.6. The third-order valence-electron chi connectivity index (χ3n) is 2.95. The minimum absolute atomic E-state index is 0.0234. The van der Waals surface area contributed by atoms with Crippen LogP contribution in [0.4, 0.5) is 11.4 Å². The Bertz CT molecular complexity index is 600. The van der Waals surface area contributed by atoms with Crippen LogP contribution in [0.1, 0.15) is 6.92 Å². The minimum Gasteiger partial charge on any atom is -0.398 e. The molecule has 1 unspecified atom stereocenters. The number of non-ortho nitro benzene ring substituents is 1. The van der Waals surface area contributed by atoms with Crippen LogP contribution in [0.2, 0.25) is 0 Å². The van der Waals surface area contributed by atoms with E-state index in [4.69, 9.17) is 5.73 Å². The number of nitro benzene ring substituents is 1. The largest absolute Gasteiger partial charge is 0.398 e. The summed E-state index contributed by atoms with van der Waals surface area (Å²) in [7, 11) is -0.241. The average Bonchev–Trinajstić information content (AvgIpc) is 2.35. The van der Waals surface area contributed by atoms with Gasteiger partial charge in [-0.05, 0) is 27.1 Å². The highest BCUT2D eigenvalue weighted by atomic mass is 32.2. The number of hydrogen-bond donors (Lipinski definition) is 2. The fourth-order valence-electron chi connectivity index (χ4n) is 1.36. The van der Waals surface area contributed by atoms with E-state index >= 15 is 0 Å². The van der Waals surface area contributed by atoms with Crippen LogP contribution in [0.5, 0.6) is 0 Å². The van der Waals surface area contributed by atoms with Crippen LogP contribution in [-0.2, 0) is 10.0 Å². The lowest BCUT2D eigenvalue weighted by molar-refractivity contribution is -0.385. The second kappa shape index (κ2) is 6.16. The van der Waals surface area contributed by atoms with Gasteiger partial charge in [0.25, 0.3) is 5.69 Å². The summed E-state index contributed by atoms with van der Waals surface area (Å²) in [6.45, 7) is 2.02. The SMILES string of the molecule is CC(CNS(=O)(=O)c1cc([N+](=O)[O-])ccc1N)N(C)C. The van der Waals surface area contributed by atoms with E-state index in [2.05, 4.69) is 4.72 Å². The van der Waals surface area contributed by atoms with Crippen molar-refractivity contribution in [1.82, 2.24) is 9.62 Å². The van der Waals surface area contributed by atoms with Gasteiger partial charge in [0.15, 0.2) is 0 Å². The summed E-state index contributed by atoms with van der Waals surface area (Å²) in [5, 5.41) is 10.7. The molecule has 0 saturated carbocycles. The summed E-state index contributed by atoms with van der Waals surface area (Å²) in [4.78, 5) is 11.6. The number of anilines is 1. The van der Waals surface area contributed by atoms with Crippen molar-refractivity contribution >= 4 is 21.4 Å². The van der Waals surface area contributed by atoms with Gasteiger partial charge >= 0.3 is 0 Å². The minimum atomic E-state index is -3.88. The maximum absolute atomic E-state index is 12.1. The van der Waals surface area contributed by atoms with Gasteiger partial charge in [0.2, 0.25) is 10.0 Å². The van der Waals surface area contributed by atoms with Crippen molar-refractivity contribution in [3.05, 3.63) is 28.3 Å². The zero-order valence-corrected chi connectivity index (χ0v) is 12.3. The molecule has 0 heterocycles. The van der Waals surface area contributed by atoms with E-state index in [0.29, 0.717) is 0 Å². The Balaban J connectivity index is 3.03. The van der Waals surface area contributed by atoms with Gasteiger partial charge in [-0.15, -0.1) is 0 Å². The first kappa shape index (κ1) is 16.3. The molecule has 8 nitrogen and oxygen atoms in total. The fraction of sp³-hybridized carbons (Fsp3) is 0.455. The van der Waals surface area contributed by atoms with E-state index in [9.17, 15) is 18.5 Å². The molecule has 0 radical (unpaired) electrons. The molecule has 1 aromatic rings. The number of likely N-dealkylation sites (N-methyl/N-ethyl adjacent to an activating group) is 1. The van der Waals surface area contributed by atoms with E-state index in [0.717, 1.165) is 12.1 Å². The van der Waals surface area contributed by atoms with Crippen LogP contribution >= 0.6 is 0 Å². The molecular weight excluding hydrogens is 284 g/mol. The molecule has 0 aromatic heterocycles. The zero-order chi connectivity index (χ0) is 15.5. The van der Waals surface area contributed by atoms with Crippen molar-refractivity contribution in [3.63, 3.8) is 0 Å². The molecule has 0 spiro atoms. The van der Waals surface area contributed by atoms with Gasteiger partial charge < -0.3 is 10.6 Å². The van der Waals surface area contributed by atoms with E-state index in [1.165, 1.54) is 6.07 Å². The number of nitrogens with one attached hydrogen (secondary N) is 1. The van der Waals surface area contributed by atoms with Crippen molar-refractivity contribution in [2.75, 3.05) is 26.4 Å². The predicted octanol–water partition coefficient (Wildman–Crippen LogP) is 0.405. The number of nitro groups is 1. The van der Waals surface area contributed by atoms with Crippen LogP contribution < -0.4 is 10.5 Å². The number of nitrogen functional groups attached to an aromatic ring is 1. The molecule has 20 heavy (non-hydrogen) atoms. The molecule has 0 saturated heterocycles. The van der Waals surface area contributed by atoms with Crippen LogP contribution in [-0.4, -0.2) is 44.9 Å².